The molecule has 0 atom stereocenters. The van der Waals surface area contributed by atoms with Crippen LogP contribution in [0.15, 0.2) is 17.6 Å². The van der Waals surface area contributed by atoms with E-state index >= 15 is 0 Å². The van der Waals surface area contributed by atoms with Gasteiger partial charge in [-0.3, -0.25) is 10.1 Å². The Bertz CT molecular complexity index is 601. The smallest absolute Gasteiger partial charge is 0.319 e. The molecule has 0 fully saturated rings. The van der Waals surface area contributed by atoms with E-state index in [0.29, 0.717) is 17.7 Å². The first-order chi connectivity index (χ1) is 8.88. The molecular weight excluding hydrogens is 262 g/mol. The molecule has 6 heteroatoms. The summed E-state index contributed by atoms with van der Waals surface area (Å²) in [5.74, 6) is 0. The molecule has 0 bridgehead atoms. The molecule has 0 radical (unpaired) electrons. The number of aromatic nitrogens is 1. The van der Waals surface area contributed by atoms with E-state index in [-0.39, 0.29) is 16.0 Å². The average Bonchev–Trinajstić information content (AvgIpc) is 2.74. The molecule has 5 nitrogen and oxygen atoms in total. The van der Waals surface area contributed by atoms with Crippen LogP contribution in [-0.2, 0) is 0 Å². The summed E-state index contributed by atoms with van der Waals surface area (Å²) in [5.41, 5.74) is 2.93. The molecule has 1 N–H and O–H groups in total. The van der Waals surface area contributed by atoms with Crippen LogP contribution in [0.5, 0.6) is 0 Å². The molecule has 19 heavy (non-hydrogen) atoms. The first-order valence-corrected chi connectivity index (χ1v) is 7.01. The van der Waals surface area contributed by atoms with Crippen LogP contribution in [0.3, 0.4) is 0 Å². The number of nitrogens with one attached hydrogen (secondary N) is 1. The fraction of sp³-hybridized carbons (Fsp3) is 0.462. The van der Waals surface area contributed by atoms with Crippen LogP contribution in [-0.4, -0.2) is 16.5 Å². The highest BCUT2D eigenvalue weighted by molar-refractivity contribution is 7.16. The van der Waals surface area contributed by atoms with Crippen molar-refractivity contribution in [1.82, 2.24) is 4.98 Å². The molecule has 1 aromatic heterocycles. The summed E-state index contributed by atoms with van der Waals surface area (Å²) in [6.07, 6.45) is 0.944. The summed E-state index contributed by atoms with van der Waals surface area (Å²) >= 11 is 1.41. The maximum atomic E-state index is 11.2. The number of nitrogens with zero attached hydrogens (tertiary/aromatic N) is 2. The number of benzene rings is 1. The SMILES string of the molecule is CC(C)(C)CCNc1ccc2scnc2c1[N+](=O)[O-]. The number of hydrogen-bond donors (Lipinski definition) is 1. The molecule has 1 aromatic carbocycles. The summed E-state index contributed by atoms with van der Waals surface area (Å²) in [4.78, 5) is 15.0. The standard InChI is InChI=1S/C13H17N3O2S/c1-13(2,3)6-7-14-9-4-5-10-11(15-8-19-10)12(9)16(17)18/h4-5,8,14H,6-7H2,1-3H3. The van der Waals surface area contributed by atoms with Crippen molar-refractivity contribution >= 4 is 32.9 Å². The Hall–Kier alpha value is -1.69. The lowest BCUT2D eigenvalue weighted by molar-refractivity contribution is -0.382. The molecule has 0 aliphatic heterocycles. The summed E-state index contributed by atoms with van der Waals surface area (Å²) in [5, 5.41) is 14.4. The van der Waals surface area contributed by atoms with Crippen LogP contribution in [0, 0.1) is 15.5 Å². The lowest BCUT2D eigenvalue weighted by atomic mass is 9.92. The van der Waals surface area contributed by atoms with Crippen molar-refractivity contribution in [2.45, 2.75) is 27.2 Å². The Morgan fingerprint density at radius 2 is 2.16 bits per heavy atom. The van der Waals surface area contributed by atoms with E-state index in [4.69, 9.17) is 0 Å². The minimum absolute atomic E-state index is 0.0765. The second-order valence-corrected chi connectivity index (χ2v) is 6.54. The fourth-order valence-electron chi connectivity index (χ4n) is 1.82. The van der Waals surface area contributed by atoms with Crippen LogP contribution in [0.25, 0.3) is 10.2 Å². The molecule has 0 aliphatic rings. The number of thiazole rings is 1. The van der Waals surface area contributed by atoms with Crippen molar-refractivity contribution in [3.63, 3.8) is 0 Å². The number of anilines is 1. The molecule has 1 heterocycles. The van der Waals surface area contributed by atoms with E-state index in [0.717, 1.165) is 11.1 Å². The Morgan fingerprint density at radius 1 is 1.42 bits per heavy atom. The largest absolute Gasteiger partial charge is 0.379 e. The monoisotopic (exact) mass is 279 g/mol. The molecule has 0 amide bonds. The normalized spacial score (nSPS) is 11.7. The van der Waals surface area contributed by atoms with E-state index < -0.39 is 0 Å². The van der Waals surface area contributed by atoms with Crippen molar-refractivity contribution in [3.05, 3.63) is 27.8 Å². The summed E-state index contributed by atoms with van der Waals surface area (Å²) in [6, 6.07) is 3.64. The van der Waals surface area contributed by atoms with Crippen LogP contribution in [0.1, 0.15) is 27.2 Å². The molecule has 0 unspecified atom stereocenters. The predicted molar refractivity (Wildman–Crippen MR) is 78.8 cm³/mol. The van der Waals surface area contributed by atoms with Gasteiger partial charge in [0.15, 0.2) is 5.52 Å². The van der Waals surface area contributed by atoms with E-state index in [9.17, 15) is 10.1 Å². The molecular formula is C13H17N3O2S. The van der Waals surface area contributed by atoms with Crippen molar-refractivity contribution < 1.29 is 4.92 Å². The third-order valence-electron chi connectivity index (χ3n) is 2.85. The van der Waals surface area contributed by atoms with Gasteiger partial charge in [-0.1, -0.05) is 20.8 Å². The highest BCUT2D eigenvalue weighted by Crippen LogP contribution is 2.34. The number of rotatable bonds is 4. The first-order valence-electron chi connectivity index (χ1n) is 6.13. The number of hydrogen-bond acceptors (Lipinski definition) is 5. The Labute approximate surface area is 115 Å². The number of nitro benzene ring substituents is 1. The Morgan fingerprint density at radius 3 is 2.79 bits per heavy atom. The molecule has 0 aliphatic carbocycles. The summed E-state index contributed by atoms with van der Waals surface area (Å²) in [6.45, 7) is 7.14. The van der Waals surface area contributed by atoms with Gasteiger partial charge in [0.2, 0.25) is 0 Å². The third-order valence-corrected chi connectivity index (χ3v) is 3.64. The van der Waals surface area contributed by atoms with E-state index in [1.807, 2.05) is 6.07 Å². The molecule has 0 saturated carbocycles. The lowest BCUT2D eigenvalue weighted by Crippen LogP contribution is -2.13. The van der Waals surface area contributed by atoms with Crippen molar-refractivity contribution in [2.75, 3.05) is 11.9 Å². The summed E-state index contributed by atoms with van der Waals surface area (Å²) in [7, 11) is 0. The minimum atomic E-state index is -0.360. The summed E-state index contributed by atoms with van der Waals surface area (Å²) < 4.78 is 0.841. The van der Waals surface area contributed by atoms with Crippen molar-refractivity contribution in [1.29, 1.82) is 0 Å². The van der Waals surface area contributed by atoms with Crippen LogP contribution in [0.2, 0.25) is 0 Å². The Kier molecular flexibility index (Phi) is 3.71. The highest BCUT2D eigenvalue weighted by atomic mass is 32.1. The number of nitro groups is 1. The average molecular weight is 279 g/mol. The first kappa shape index (κ1) is 13.7. The maximum Gasteiger partial charge on any atom is 0.319 e. The number of fused-ring (bicyclic) bond motifs is 1. The van der Waals surface area contributed by atoms with Gasteiger partial charge in [-0.15, -0.1) is 11.3 Å². The van der Waals surface area contributed by atoms with Gasteiger partial charge in [0, 0.05) is 6.54 Å². The van der Waals surface area contributed by atoms with Gasteiger partial charge in [-0.25, -0.2) is 4.98 Å². The van der Waals surface area contributed by atoms with Gasteiger partial charge in [-0.2, -0.15) is 0 Å². The van der Waals surface area contributed by atoms with Crippen LogP contribution in [0.4, 0.5) is 11.4 Å². The predicted octanol–water partition coefficient (Wildman–Crippen LogP) is 4.05. The van der Waals surface area contributed by atoms with Gasteiger partial charge >= 0.3 is 5.69 Å². The van der Waals surface area contributed by atoms with Crippen LogP contribution < -0.4 is 5.32 Å². The van der Waals surface area contributed by atoms with Gasteiger partial charge in [0.05, 0.1) is 15.1 Å². The highest BCUT2D eigenvalue weighted by Gasteiger charge is 2.20. The topological polar surface area (TPSA) is 68.1 Å². The van der Waals surface area contributed by atoms with Crippen molar-refractivity contribution in [3.8, 4) is 0 Å². The van der Waals surface area contributed by atoms with Gasteiger partial charge in [0.1, 0.15) is 5.69 Å². The third kappa shape index (κ3) is 3.20. The maximum absolute atomic E-state index is 11.2. The molecule has 2 rings (SSSR count). The van der Waals surface area contributed by atoms with E-state index in [1.165, 1.54) is 11.3 Å². The quantitative estimate of drug-likeness (QED) is 0.677. The second-order valence-electron chi connectivity index (χ2n) is 5.66. The zero-order valence-corrected chi connectivity index (χ0v) is 12.1. The zero-order valence-electron chi connectivity index (χ0n) is 11.3. The van der Waals surface area contributed by atoms with E-state index in [2.05, 4.69) is 31.1 Å². The molecule has 102 valence electrons. The van der Waals surface area contributed by atoms with Crippen LogP contribution >= 0.6 is 11.3 Å². The fourth-order valence-corrected chi connectivity index (χ4v) is 2.50. The van der Waals surface area contributed by atoms with Gasteiger partial charge in [0.25, 0.3) is 0 Å². The lowest BCUT2D eigenvalue weighted by Gasteiger charge is -2.18. The second kappa shape index (κ2) is 5.13. The zero-order chi connectivity index (χ0) is 14.0. The van der Waals surface area contributed by atoms with Gasteiger partial charge < -0.3 is 5.32 Å². The van der Waals surface area contributed by atoms with Gasteiger partial charge in [-0.05, 0) is 24.0 Å². The van der Waals surface area contributed by atoms with E-state index in [1.54, 1.807) is 11.6 Å². The Balaban J connectivity index is 2.27. The minimum Gasteiger partial charge on any atom is -0.379 e. The van der Waals surface area contributed by atoms with Crippen molar-refractivity contribution in [2.24, 2.45) is 5.41 Å². The molecule has 2 aromatic rings. The molecule has 0 saturated heterocycles. The molecule has 0 spiro atoms.